The predicted octanol–water partition coefficient (Wildman–Crippen LogP) is 5.11. The predicted molar refractivity (Wildman–Crippen MR) is 378 cm³/mol. The van der Waals surface area contributed by atoms with Crippen LogP contribution in [0.1, 0.15) is 174 Å². The van der Waals surface area contributed by atoms with E-state index in [2.05, 4.69) is 55.4 Å². The molecule has 37 unspecified atom stereocenters. The van der Waals surface area contributed by atoms with Crippen LogP contribution in [0.15, 0.2) is 0 Å². The van der Waals surface area contributed by atoms with Crippen molar-refractivity contribution in [1.29, 1.82) is 0 Å². The van der Waals surface area contributed by atoms with E-state index in [4.69, 9.17) is 43.5 Å². The van der Waals surface area contributed by atoms with Gasteiger partial charge in [0.05, 0.1) is 101 Å². The average molecular weight is 1650 g/mol. The van der Waals surface area contributed by atoms with Gasteiger partial charge in [-0.25, -0.2) is 0 Å². The van der Waals surface area contributed by atoms with E-state index in [1.54, 1.807) is 0 Å². The lowest BCUT2D eigenvalue weighted by Gasteiger charge is -2.35. The lowest BCUT2D eigenvalue weighted by molar-refractivity contribution is -0.148. The zero-order chi connectivity index (χ0) is 78.4. The summed E-state index contributed by atoms with van der Waals surface area (Å²) < 4.78 is 216. The molecule has 14 saturated carbocycles. The summed E-state index contributed by atoms with van der Waals surface area (Å²) in [6.45, 7) is 27.2. The van der Waals surface area contributed by atoms with Crippen molar-refractivity contribution in [2.45, 2.75) is 253 Å². The van der Waals surface area contributed by atoms with Crippen molar-refractivity contribution >= 4 is 88.7 Å². The molecule has 608 valence electrons. The maximum atomic E-state index is 12.3. The van der Waals surface area contributed by atoms with Crippen LogP contribution in [0, 0.1) is 133 Å². The molecule has 37 atom stereocenters. The third kappa shape index (κ3) is 11.0. The summed E-state index contributed by atoms with van der Waals surface area (Å²) in [6.07, 6.45) is 8.01. The molecule has 0 aromatic heterocycles. The lowest BCUT2D eigenvalue weighted by Crippen LogP contribution is -2.45. The first kappa shape index (κ1) is 79.9. The molecule has 14 bridgehead atoms. The minimum absolute atomic E-state index is 0.00546. The van der Waals surface area contributed by atoms with Gasteiger partial charge in [-0.3, -0.25) is 43.7 Å². The van der Waals surface area contributed by atoms with Gasteiger partial charge >= 0.3 is 17.9 Å². The van der Waals surface area contributed by atoms with Crippen LogP contribution in [0.2, 0.25) is 0 Å². The van der Waals surface area contributed by atoms with Gasteiger partial charge in [0.1, 0.15) is 16.6 Å². The Bertz CT molecular complexity index is 4540. The molecular weight excluding hydrogens is 1540 g/mol. The number of aliphatic hydroxyl groups is 2. The van der Waals surface area contributed by atoms with Crippen LogP contribution in [0.25, 0.3) is 0 Å². The molecule has 21 aliphatic rings. The first-order valence-corrected chi connectivity index (χ1v) is 48.5. The summed E-state index contributed by atoms with van der Waals surface area (Å²) in [6, 6.07) is 0. The molecule has 21 fully saturated rings. The topological polar surface area (TPSA) is 423 Å². The van der Waals surface area contributed by atoms with E-state index in [0.29, 0.717) is 78.9 Å². The number of carbonyl (C=O) groups is 3. The van der Waals surface area contributed by atoms with Crippen molar-refractivity contribution < 1.29 is 127 Å². The van der Waals surface area contributed by atoms with Gasteiger partial charge in [-0.1, -0.05) is 76.2 Å². The van der Waals surface area contributed by atoms with Gasteiger partial charge in [-0.15, -0.1) is 0 Å². The van der Waals surface area contributed by atoms with Crippen molar-refractivity contribution in [2.24, 2.45) is 133 Å². The van der Waals surface area contributed by atoms with Gasteiger partial charge in [-0.05, 0) is 160 Å². The third-order valence-corrected chi connectivity index (χ3v) is 46.6. The SMILES string of the molecule is CC(=O)OCC12CC3C(COC(C)=O)(C1)C(OS3(=O)=O)C2C.CC1C2CC3C(C)(C2)C1OS3(=O)=O.CC1C2CC3C1OS(=O)(=O)C3(C)C2.CC1C2CC3C1OS(=O)(=O)C3C2C.CC1C2OS(=O)(=O)C3CC1(C)CC23C.CC1C2OS(=O)(=O)C3CC1(CO)CC23CO.COC(=O)C1C2CC3C(OS(=O)(=O)C31)C2C. The van der Waals surface area contributed by atoms with Crippen molar-refractivity contribution in [3.05, 3.63) is 0 Å². The summed E-state index contributed by atoms with van der Waals surface area (Å²) >= 11 is 0. The standard InChI is InChI=1S/C14H20O7S.C10H16O5S.C10H14O5S.C10H16O3S.3C9H14O3S/c1-8-12-14(7-20-10(3)16)5-13(8,6-19-9(2)15)4-11(14)22(17,18)21-12;1-6-8-10(5-12)3-9(6,4-11)2-7(10)16(13,14)15-8;1-4-5-3-6-8(4)15-16(12,13)9(6)7(5)10(11)14-2;1-6-8-10(3)5-9(6,2)4-7(10)14(11,12)13-8;1-5-6-3-7-9(2,4-6)8(5)12-13(7,10)11;1-5-6-3-7-8(5)12-13(10,11)9(7,2)4-6;1-4-6-3-7-8(4)12-13(10,11)9(7)5(6)2/h8,11-12H,4-7H2,1-3H3;6-8,11-12H,2-5H2,1H3;4-9H,3H2,1-2H3;6-8H,4-5H2,1-3H3;2*5-8H,3-4H2,1-2H3;4-9H,3H2,1-2H3. The molecule has 107 heavy (non-hydrogen) atoms. The summed E-state index contributed by atoms with van der Waals surface area (Å²) in [7, 11) is -22.5. The third-order valence-electron chi connectivity index (χ3n) is 33.3. The molecule has 7 saturated heterocycles. The Labute approximate surface area is 630 Å². The Hall–Kier alpha value is -2.30. The second-order valence-corrected chi connectivity index (χ2v) is 50.5. The monoisotopic (exact) mass is 1650 g/mol. The Morgan fingerprint density at radius 2 is 0.916 bits per heavy atom. The normalized spacial score (nSPS) is 56.1. The molecule has 0 aromatic carbocycles. The van der Waals surface area contributed by atoms with E-state index < -0.39 is 138 Å². The molecule has 21 rings (SSSR count). The first-order chi connectivity index (χ1) is 49.2. The zero-order valence-corrected chi connectivity index (χ0v) is 69.0. The molecule has 0 aromatic rings. The number of rotatable bonds is 7. The fourth-order valence-electron chi connectivity index (χ4n) is 27.8. The van der Waals surface area contributed by atoms with Gasteiger partial charge < -0.3 is 24.4 Å². The number of carbonyl (C=O) groups excluding carboxylic acids is 3. The van der Waals surface area contributed by atoms with Crippen LogP contribution in [-0.4, -0.2) is 200 Å². The zero-order valence-electron chi connectivity index (χ0n) is 63.3. The Kier molecular flexibility index (Phi) is 18.6. The summed E-state index contributed by atoms with van der Waals surface area (Å²) in [5.74, 6) is 2.68. The van der Waals surface area contributed by atoms with Crippen LogP contribution >= 0.6 is 0 Å². The molecule has 2 N–H and O–H groups in total. The van der Waals surface area contributed by atoms with Crippen LogP contribution in [-0.2, 0) is 129 Å². The van der Waals surface area contributed by atoms with Crippen molar-refractivity contribution in [2.75, 3.05) is 33.5 Å². The number of fused-ring (bicyclic) bond motifs is 7. The molecule has 7 aliphatic heterocycles. The number of hydrogen-bond donors (Lipinski definition) is 2. The maximum Gasteiger partial charge on any atom is 0.310 e. The first-order valence-electron chi connectivity index (χ1n) is 38.3. The number of hydrogen-bond acceptors (Lipinski definition) is 29. The minimum atomic E-state index is -3.68. The minimum Gasteiger partial charge on any atom is -0.469 e. The molecule has 14 aliphatic carbocycles. The van der Waals surface area contributed by atoms with E-state index in [1.807, 2.05) is 27.7 Å². The Morgan fingerprint density at radius 1 is 0.421 bits per heavy atom. The highest BCUT2D eigenvalue weighted by atomic mass is 32.2. The molecule has 7 heterocycles. The summed E-state index contributed by atoms with van der Waals surface area (Å²) in [4.78, 5) is 34.0. The number of esters is 3. The average Bonchev–Trinajstić information content (AvgIpc) is 1.50. The van der Waals surface area contributed by atoms with E-state index in [1.165, 1.54) is 21.0 Å². The second-order valence-electron chi connectivity index (χ2n) is 38.1. The molecule has 0 radical (unpaired) electrons. The van der Waals surface area contributed by atoms with Crippen molar-refractivity contribution in [3.63, 3.8) is 0 Å². The van der Waals surface area contributed by atoms with Crippen LogP contribution in [0.4, 0.5) is 0 Å². The molecule has 36 heteroatoms. The van der Waals surface area contributed by atoms with Crippen LogP contribution < -0.4 is 0 Å². The van der Waals surface area contributed by atoms with Gasteiger partial charge in [-0.2, -0.15) is 58.9 Å². The molecule has 29 nitrogen and oxygen atoms in total. The number of methoxy groups -OCH3 is 1. The van der Waals surface area contributed by atoms with E-state index in [0.717, 1.165) is 51.4 Å². The van der Waals surface area contributed by atoms with Crippen LogP contribution in [0.3, 0.4) is 0 Å². The highest BCUT2D eigenvalue weighted by molar-refractivity contribution is 7.89. The van der Waals surface area contributed by atoms with E-state index in [9.17, 15) is 83.5 Å². The summed E-state index contributed by atoms with van der Waals surface area (Å²) in [5, 5.41) is 16.5. The maximum absolute atomic E-state index is 12.3. The van der Waals surface area contributed by atoms with Crippen molar-refractivity contribution in [1.82, 2.24) is 0 Å². The van der Waals surface area contributed by atoms with Crippen molar-refractivity contribution in [3.8, 4) is 0 Å². The number of ether oxygens (including phenoxy) is 3. The quantitative estimate of drug-likeness (QED) is 0.190. The molecule has 0 amide bonds. The van der Waals surface area contributed by atoms with E-state index >= 15 is 0 Å². The Morgan fingerprint density at radius 3 is 1.44 bits per heavy atom. The van der Waals surface area contributed by atoms with Gasteiger partial charge in [0.2, 0.25) is 0 Å². The Balaban J connectivity index is 0.000000100. The smallest absolute Gasteiger partial charge is 0.310 e. The highest BCUT2D eigenvalue weighted by Gasteiger charge is 2.80. The lowest BCUT2D eigenvalue weighted by atomic mass is 9.73. The highest BCUT2D eigenvalue weighted by Crippen LogP contribution is 2.74. The summed E-state index contributed by atoms with van der Waals surface area (Å²) in [5.41, 5.74) is -2.17. The van der Waals surface area contributed by atoms with E-state index in [-0.39, 0.29) is 136 Å². The fourth-order valence-corrected chi connectivity index (χ4v) is 42.7. The molecule has 0 spiro atoms. The second kappa shape index (κ2) is 24.9. The van der Waals surface area contributed by atoms with Gasteiger partial charge in [0, 0.05) is 65.3 Å². The largest absolute Gasteiger partial charge is 0.469 e. The fraction of sp³-hybridized carbons (Fsp3) is 0.958. The van der Waals surface area contributed by atoms with Gasteiger partial charge in [0.15, 0.2) is 0 Å². The number of aliphatic hydroxyl groups excluding tert-OH is 2. The van der Waals surface area contributed by atoms with Crippen LogP contribution in [0.5, 0.6) is 0 Å². The molecular formula is C71H108O29S7. The van der Waals surface area contributed by atoms with Gasteiger partial charge in [0.25, 0.3) is 70.8 Å².